The summed E-state index contributed by atoms with van der Waals surface area (Å²) in [5, 5.41) is 2.70. The van der Waals surface area contributed by atoms with Crippen molar-refractivity contribution < 1.29 is 9.53 Å². The fourth-order valence-electron chi connectivity index (χ4n) is 1.84. The normalized spacial score (nSPS) is 23.6. The van der Waals surface area contributed by atoms with Crippen molar-refractivity contribution in [3.05, 3.63) is 28.7 Å². The van der Waals surface area contributed by atoms with Crippen molar-refractivity contribution in [1.82, 2.24) is 4.57 Å². The van der Waals surface area contributed by atoms with Gasteiger partial charge in [-0.25, -0.2) is 0 Å². The van der Waals surface area contributed by atoms with E-state index in [4.69, 9.17) is 4.74 Å². The Morgan fingerprint density at radius 3 is 2.88 bits per heavy atom. The molecule has 2 heterocycles. The number of carbonyl (C=O) groups is 1. The first-order valence-corrected chi connectivity index (χ1v) is 5.69. The van der Waals surface area contributed by atoms with Crippen LogP contribution in [0.5, 0.6) is 0 Å². The number of amides is 1. The maximum atomic E-state index is 11.8. The molecule has 0 spiro atoms. The van der Waals surface area contributed by atoms with Crippen molar-refractivity contribution in [2.24, 2.45) is 7.05 Å². The van der Waals surface area contributed by atoms with Crippen LogP contribution in [0.4, 0.5) is 5.69 Å². The lowest BCUT2D eigenvalue weighted by Gasteiger charge is -2.11. The Hall–Kier alpha value is -1.62. The van der Waals surface area contributed by atoms with Crippen molar-refractivity contribution in [1.29, 1.82) is 0 Å². The molecular weight excluding hydrogens is 220 g/mol. The van der Waals surface area contributed by atoms with Crippen molar-refractivity contribution in [2.75, 3.05) is 5.32 Å². The fourth-order valence-corrected chi connectivity index (χ4v) is 1.84. The van der Waals surface area contributed by atoms with Gasteiger partial charge in [0.15, 0.2) is 0 Å². The molecule has 2 unspecified atom stereocenters. The standard InChI is InChI=1S/C12H16N2O3/c1-8-3-4-10(17-8)12(16)13-9-5-6-14(2)11(15)7-9/h5-8,10H,3-4H2,1-2H3,(H,13,16). The lowest BCUT2D eigenvalue weighted by Crippen LogP contribution is -2.28. The number of aromatic nitrogens is 1. The first-order valence-electron chi connectivity index (χ1n) is 5.69. The highest BCUT2D eigenvalue weighted by atomic mass is 16.5. The molecular formula is C12H16N2O3. The average Bonchev–Trinajstić information content (AvgIpc) is 2.70. The summed E-state index contributed by atoms with van der Waals surface area (Å²) in [7, 11) is 1.66. The summed E-state index contributed by atoms with van der Waals surface area (Å²) in [6.07, 6.45) is 2.99. The van der Waals surface area contributed by atoms with Gasteiger partial charge in [-0.1, -0.05) is 0 Å². The Bertz CT molecular complexity index is 481. The molecule has 1 aliphatic heterocycles. The highest BCUT2D eigenvalue weighted by Crippen LogP contribution is 2.20. The Morgan fingerprint density at radius 2 is 2.29 bits per heavy atom. The van der Waals surface area contributed by atoms with Crippen LogP contribution in [0.1, 0.15) is 19.8 Å². The van der Waals surface area contributed by atoms with Gasteiger partial charge in [-0.3, -0.25) is 9.59 Å². The summed E-state index contributed by atoms with van der Waals surface area (Å²) in [5.74, 6) is -0.178. The second kappa shape index (κ2) is 4.71. The maximum absolute atomic E-state index is 11.8. The molecule has 0 aromatic carbocycles. The molecule has 0 bridgehead atoms. The lowest BCUT2D eigenvalue weighted by molar-refractivity contribution is -0.126. The predicted molar refractivity (Wildman–Crippen MR) is 63.9 cm³/mol. The molecule has 1 saturated heterocycles. The van der Waals surface area contributed by atoms with Crippen LogP contribution >= 0.6 is 0 Å². The summed E-state index contributed by atoms with van der Waals surface area (Å²) >= 11 is 0. The van der Waals surface area contributed by atoms with Crippen LogP contribution in [0.3, 0.4) is 0 Å². The van der Waals surface area contributed by atoms with Gasteiger partial charge in [-0.2, -0.15) is 0 Å². The summed E-state index contributed by atoms with van der Waals surface area (Å²) in [5.41, 5.74) is 0.366. The number of nitrogens with one attached hydrogen (secondary N) is 1. The van der Waals surface area contributed by atoms with E-state index in [1.807, 2.05) is 6.92 Å². The van der Waals surface area contributed by atoms with E-state index in [0.717, 1.165) is 12.8 Å². The fraction of sp³-hybridized carbons (Fsp3) is 0.500. The maximum Gasteiger partial charge on any atom is 0.253 e. The molecule has 1 amide bonds. The van der Waals surface area contributed by atoms with Crippen LogP contribution in [0.2, 0.25) is 0 Å². The molecule has 5 heteroatoms. The highest BCUT2D eigenvalue weighted by Gasteiger charge is 2.28. The van der Waals surface area contributed by atoms with Crippen molar-refractivity contribution in [3.63, 3.8) is 0 Å². The number of carbonyl (C=O) groups excluding carboxylic acids is 1. The number of hydrogen-bond donors (Lipinski definition) is 1. The van der Waals surface area contributed by atoms with Crippen molar-refractivity contribution >= 4 is 11.6 Å². The summed E-state index contributed by atoms with van der Waals surface area (Å²) in [6, 6.07) is 3.09. The second-order valence-electron chi connectivity index (χ2n) is 4.37. The number of anilines is 1. The number of nitrogens with zero attached hydrogens (tertiary/aromatic N) is 1. The molecule has 5 nitrogen and oxygen atoms in total. The molecule has 2 rings (SSSR count). The van der Waals surface area contributed by atoms with E-state index in [1.54, 1.807) is 19.3 Å². The smallest absolute Gasteiger partial charge is 0.253 e. The molecule has 1 N–H and O–H groups in total. The quantitative estimate of drug-likeness (QED) is 0.829. The van der Waals surface area contributed by atoms with E-state index in [0.29, 0.717) is 5.69 Å². The van der Waals surface area contributed by atoms with Crippen LogP contribution in [-0.4, -0.2) is 22.7 Å². The van der Waals surface area contributed by atoms with Gasteiger partial charge < -0.3 is 14.6 Å². The molecule has 0 aliphatic carbocycles. The molecule has 17 heavy (non-hydrogen) atoms. The Morgan fingerprint density at radius 1 is 1.53 bits per heavy atom. The molecule has 2 atom stereocenters. The van der Waals surface area contributed by atoms with Crippen LogP contribution in [0, 0.1) is 0 Å². The van der Waals surface area contributed by atoms with E-state index in [1.165, 1.54) is 10.6 Å². The molecule has 0 saturated carbocycles. The van der Waals surface area contributed by atoms with Gasteiger partial charge in [-0.05, 0) is 25.8 Å². The van der Waals surface area contributed by atoms with Crippen LogP contribution < -0.4 is 10.9 Å². The summed E-state index contributed by atoms with van der Waals surface area (Å²) in [4.78, 5) is 23.2. The minimum absolute atomic E-state index is 0.134. The number of pyridine rings is 1. The Labute approximate surface area is 99.4 Å². The molecule has 1 aromatic rings. The number of hydrogen-bond acceptors (Lipinski definition) is 3. The molecule has 0 radical (unpaired) electrons. The molecule has 1 fully saturated rings. The SMILES string of the molecule is CC1CCC(C(=O)Nc2ccn(C)c(=O)c2)O1. The molecule has 1 aliphatic rings. The van der Waals surface area contributed by atoms with Gasteiger partial charge in [-0.15, -0.1) is 0 Å². The van der Waals surface area contributed by atoms with Crippen molar-refractivity contribution in [3.8, 4) is 0 Å². The molecule has 92 valence electrons. The number of ether oxygens (including phenoxy) is 1. The first kappa shape index (κ1) is 11.9. The van der Waals surface area contributed by atoms with Crippen LogP contribution in [0.25, 0.3) is 0 Å². The zero-order chi connectivity index (χ0) is 12.4. The van der Waals surface area contributed by atoms with E-state index >= 15 is 0 Å². The van der Waals surface area contributed by atoms with Gasteiger partial charge in [0.2, 0.25) is 0 Å². The first-order chi connectivity index (χ1) is 8.06. The lowest BCUT2D eigenvalue weighted by atomic mass is 10.2. The van der Waals surface area contributed by atoms with E-state index in [9.17, 15) is 9.59 Å². The predicted octanol–water partition coefficient (Wildman–Crippen LogP) is 0.891. The van der Waals surface area contributed by atoms with Crippen LogP contribution in [0.15, 0.2) is 23.1 Å². The monoisotopic (exact) mass is 236 g/mol. The van der Waals surface area contributed by atoms with Gasteiger partial charge >= 0.3 is 0 Å². The largest absolute Gasteiger partial charge is 0.365 e. The second-order valence-corrected chi connectivity index (χ2v) is 4.37. The Kier molecular flexibility index (Phi) is 3.28. The number of aryl methyl sites for hydroxylation is 1. The Balaban J connectivity index is 2.03. The highest BCUT2D eigenvalue weighted by molar-refractivity contribution is 5.94. The average molecular weight is 236 g/mol. The van der Waals surface area contributed by atoms with E-state index in [-0.39, 0.29) is 17.6 Å². The van der Waals surface area contributed by atoms with Gasteiger partial charge in [0.05, 0.1) is 6.10 Å². The van der Waals surface area contributed by atoms with E-state index in [2.05, 4.69) is 5.32 Å². The van der Waals surface area contributed by atoms with Crippen LogP contribution in [-0.2, 0) is 16.6 Å². The van der Waals surface area contributed by atoms with Gasteiger partial charge in [0, 0.05) is 25.0 Å². The zero-order valence-electron chi connectivity index (χ0n) is 9.97. The third-order valence-corrected chi connectivity index (χ3v) is 2.90. The topological polar surface area (TPSA) is 60.3 Å². The zero-order valence-corrected chi connectivity index (χ0v) is 9.97. The third-order valence-electron chi connectivity index (χ3n) is 2.90. The minimum Gasteiger partial charge on any atom is -0.365 e. The van der Waals surface area contributed by atoms with Gasteiger partial charge in [0.1, 0.15) is 6.10 Å². The molecule has 1 aromatic heterocycles. The van der Waals surface area contributed by atoms with E-state index < -0.39 is 6.10 Å². The van der Waals surface area contributed by atoms with Gasteiger partial charge in [0.25, 0.3) is 11.5 Å². The summed E-state index contributed by atoms with van der Waals surface area (Å²) in [6.45, 7) is 1.95. The third kappa shape index (κ3) is 2.74. The number of rotatable bonds is 2. The van der Waals surface area contributed by atoms with Crippen molar-refractivity contribution in [2.45, 2.75) is 32.0 Å². The minimum atomic E-state index is -0.394. The summed E-state index contributed by atoms with van der Waals surface area (Å²) < 4.78 is 6.90.